The molecule has 0 aliphatic heterocycles. The fourth-order valence-electron chi connectivity index (χ4n) is 8.76. The van der Waals surface area contributed by atoms with Gasteiger partial charge >= 0.3 is 0 Å². The summed E-state index contributed by atoms with van der Waals surface area (Å²) < 4.78 is 2.37. The number of fused-ring (bicyclic) bond motifs is 3. The molecular formula is C54H40N2Si. The summed E-state index contributed by atoms with van der Waals surface area (Å²) in [5.41, 5.74) is 9.31. The summed E-state index contributed by atoms with van der Waals surface area (Å²) in [6.07, 6.45) is 0. The van der Waals surface area contributed by atoms with Gasteiger partial charge in [0, 0.05) is 33.5 Å². The van der Waals surface area contributed by atoms with Crippen LogP contribution in [0.3, 0.4) is 0 Å². The van der Waals surface area contributed by atoms with E-state index in [1.807, 2.05) is 0 Å². The fourth-order valence-corrected chi connectivity index (χ4v) is 13.5. The van der Waals surface area contributed by atoms with Crippen LogP contribution in [0.4, 0.5) is 17.1 Å². The minimum Gasteiger partial charge on any atom is -0.311 e. The molecule has 270 valence electrons. The van der Waals surface area contributed by atoms with E-state index in [4.69, 9.17) is 0 Å². The van der Waals surface area contributed by atoms with Gasteiger partial charge in [-0.1, -0.05) is 182 Å². The van der Waals surface area contributed by atoms with Crippen LogP contribution in [0.1, 0.15) is 0 Å². The first kappa shape index (κ1) is 34.3. The molecule has 1 aromatic heterocycles. The molecule has 0 N–H and O–H groups in total. The molecule has 0 bridgehead atoms. The Kier molecular flexibility index (Phi) is 8.90. The van der Waals surface area contributed by atoms with Crippen molar-refractivity contribution in [3.05, 3.63) is 243 Å². The fraction of sp³-hybridized carbons (Fsp3) is 0. The van der Waals surface area contributed by atoms with Crippen molar-refractivity contribution in [1.82, 2.24) is 4.57 Å². The quantitative estimate of drug-likeness (QED) is 0.106. The molecule has 0 unspecified atom stereocenters. The van der Waals surface area contributed by atoms with Crippen LogP contribution in [0.2, 0.25) is 0 Å². The van der Waals surface area contributed by atoms with Gasteiger partial charge in [0.2, 0.25) is 0 Å². The number of benzene rings is 9. The van der Waals surface area contributed by atoms with Crippen LogP contribution in [0.25, 0.3) is 38.6 Å². The smallest absolute Gasteiger partial charge is 0.179 e. The summed E-state index contributed by atoms with van der Waals surface area (Å²) in [5, 5.41) is 8.00. The van der Waals surface area contributed by atoms with Crippen LogP contribution in [-0.4, -0.2) is 12.6 Å². The van der Waals surface area contributed by atoms with Gasteiger partial charge in [0.25, 0.3) is 0 Å². The van der Waals surface area contributed by atoms with Gasteiger partial charge in [-0.05, 0) is 92.5 Å². The maximum absolute atomic E-state index is 2.63. The first-order valence-corrected chi connectivity index (χ1v) is 21.6. The van der Waals surface area contributed by atoms with E-state index in [2.05, 4.69) is 252 Å². The van der Waals surface area contributed by atoms with Crippen LogP contribution < -0.4 is 25.6 Å². The number of anilines is 3. The van der Waals surface area contributed by atoms with E-state index in [0.717, 1.165) is 22.7 Å². The van der Waals surface area contributed by atoms with E-state index in [1.54, 1.807) is 0 Å². The Bertz CT molecular complexity index is 2760. The maximum Gasteiger partial charge on any atom is 0.179 e. The van der Waals surface area contributed by atoms with Crippen LogP contribution >= 0.6 is 0 Å². The van der Waals surface area contributed by atoms with Crippen molar-refractivity contribution in [1.29, 1.82) is 0 Å². The summed E-state index contributed by atoms with van der Waals surface area (Å²) in [6.45, 7) is 0. The molecule has 57 heavy (non-hydrogen) atoms. The Balaban J connectivity index is 1.02. The van der Waals surface area contributed by atoms with Gasteiger partial charge in [-0.3, -0.25) is 0 Å². The van der Waals surface area contributed by atoms with E-state index in [-0.39, 0.29) is 0 Å². The van der Waals surface area contributed by atoms with Crippen molar-refractivity contribution in [3.8, 4) is 16.8 Å². The largest absolute Gasteiger partial charge is 0.311 e. The summed E-state index contributed by atoms with van der Waals surface area (Å²) in [5.74, 6) is 0. The van der Waals surface area contributed by atoms with E-state index >= 15 is 0 Å². The maximum atomic E-state index is 2.37. The monoisotopic (exact) mass is 744 g/mol. The first-order chi connectivity index (χ1) is 28.3. The van der Waals surface area contributed by atoms with Gasteiger partial charge in [-0.2, -0.15) is 0 Å². The van der Waals surface area contributed by atoms with Gasteiger partial charge in [0.15, 0.2) is 8.07 Å². The summed E-state index contributed by atoms with van der Waals surface area (Å²) in [7, 11) is -2.63. The van der Waals surface area contributed by atoms with Gasteiger partial charge < -0.3 is 9.47 Å². The SMILES string of the molecule is c1ccc(N(c2ccc(-c3ccc(-n4c5ccccc5c5ccccc54)cc3)cc2)c2ccc([Si](c3ccccc3)(c3ccccc3)c3ccccc3)cc2)cc1. The van der Waals surface area contributed by atoms with Gasteiger partial charge in [0.05, 0.1) is 11.0 Å². The van der Waals surface area contributed by atoms with Crippen LogP contribution in [-0.2, 0) is 0 Å². The Morgan fingerprint density at radius 3 is 1.07 bits per heavy atom. The second-order valence-electron chi connectivity index (χ2n) is 14.5. The average molecular weight is 745 g/mol. The molecule has 0 spiro atoms. The zero-order chi connectivity index (χ0) is 38.0. The van der Waals surface area contributed by atoms with Gasteiger partial charge in [-0.25, -0.2) is 0 Å². The minimum absolute atomic E-state index is 1.11. The molecule has 0 saturated heterocycles. The zero-order valence-corrected chi connectivity index (χ0v) is 32.5. The minimum atomic E-state index is -2.63. The van der Waals surface area contributed by atoms with E-state index in [1.165, 1.54) is 53.7 Å². The van der Waals surface area contributed by atoms with Crippen LogP contribution in [0.15, 0.2) is 243 Å². The summed E-state index contributed by atoms with van der Waals surface area (Å²) in [6, 6.07) is 88.6. The molecule has 0 amide bonds. The molecule has 0 atom stereocenters. The summed E-state index contributed by atoms with van der Waals surface area (Å²) in [4.78, 5) is 2.36. The molecule has 0 radical (unpaired) electrons. The molecule has 0 saturated carbocycles. The highest BCUT2D eigenvalue weighted by molar-refractivity contribution is 7.19. The predicted octanol–water partition coefficient (Wildman–Crippen LogP) is 11.3. The molecule has 10 aromatic rings. The first-order valence-electron chi connectivity index (χ1n) is 19.6. The number of rotatable bonds is 9. The van der Waals surface area contributed by atoms with Crippen molar-refractivity contribution in [2.45, 2.75) is 0 Å². The molecule has 0 fully saturated rings. The van der Waals surface area contributed by atoms with E-state index in [0.29, 0.717) is 0 Å². The summed E-state index contributed by atoms with van der Waals surface area (Å²) >= 11 is 0. The van der Waals surface area contributed by atoms with Crippen LogP contribution in [0.5, 0.6) is 0 Å². The molecule has 1 heterocycles. The molecule has 3 heteroatoms. The van der Waals surface area contributed by atoms with Crippen molar-refractivity contribution >= 4 is 67.7 Å². The van der Waals surface area contributed by atoms with E-state index < -0.39 is 8.07 Å². The third-order valence-electron chi connectivity index (χ3n) is 11.4. The van der Waals surface area contributed by atoms with E-state index in [9.17, 15) is 0 Å². The van der Waals surface area contributed by atoms with Crippen molar-refractivity contribution in [2.75, 3.05) is 4.90 Å². The Labute approximate surface area is 335 Å². The number of nitrogens with zero attached hydrogens (tertiary/aromatic N) is 2. The molecule has 2 nitrogen and oxygen atoms in total. The highest BCUT2D eigenvalue weighted by atomic mass is 28.3. The topological polar surface area (TPSA) is 8.17 Å². The third-order valence-corrected chi connectivity index (χ3v) is 16.2. The Morgan fingerprint density at radius 2 is 0.614 bits per heavy atom. The highest BCUT2D eigenvalue weighted by Gasteiger charge is 2.41. The van der Waals surface area contributed by atoms with Crippen molar-refractivity contribution in [3.63, 3.8) is 0 Å². The lowest BCUT2D eigenvalue weighted by atomic mass is 10.0. The average Bonchev–Trinajstić information content (AvgIpc) is 3.63. The number of para-hydroxylation sites is 3. The van der Waals surface area contributed by atoms with Gasteiger partial charge in [0.1, 0.15) is 0 Å². The van der Waals surface area contributed by atoms with Crippen LogP contribution in [0, 0.1) is 0 Å². The molecule has 0 aliphatic rings. The second-order valence-corrected chi connectivity index (χ2v) is 18.3. The lowest BCUT2D eigenvalue weighted by molar-refractivity contribution is 1.18. The highest BCUT2D eigenvalue weighted by Crippen LogP contribution is 2.36. The van der Waals surface area contributed by atoms with Crippen molar-refractivity contribution < 1.29 is 0 Å². The number of aromatic nitrogens is 1. The predicted molar refractivity (Wildman–Crippen MR) is 245 cm³/mol. The molecule has 0 aliphatic carbocycles. The molecular weight excluding hydrogens is 705 g/mol. The molecule has 9 aromatic carbocycles. The second kappa shape index (κ2) is 14.8. The lowest BCUT2D eigenvalue weighted by Crippen LogP contribution is -2.74. The third kappa shape index (κ3) is 6.06. The molecule has 10 rings (SSSR count). The Hall–Kier alpha value is -7.20. The lowest BCUT2D eigenvalue weighted by Gasteiger charge is -2.35. The number of hydrogen-bond donors (Lipinski definition) is 0. The van der Waals surface area contributed by atoms with Crippen molar-refractivity contribution in [2.24, 2.45) is 0 Å². The Morgan fingerprint density at radius 1 is 0.281 bits per heavy atom. The standard InChI is InChI=1S/C54H40N2Si/c1-5-17-43(18-6-1)55(45-37-39-50(40-38-45)57(47-19-7-2-8-20-47,48-21-9-3-10-22-48)49-23-11-4-12-24-49)44-33-29-41(30-34-44)42-31-35-46(36-32-42)56-53-27-15-13-25-51(53)52-26-14-16-28-54(52)56/h1-40H. The van der Waals surface area contributed by atoms with Gasteiger partial charge in [-0.15, -0.1) is 0 Å². The normalized spacial score (nSPS) is 11.5. The zero-order valence-electron chi connectivity index (χ0n) is 31.5. The number of hydrogen-bond acceptors (Lipinski definition) is 1.